The standard InChI is InChI=1S/C38H42N6O4S2/c1-37(2,3)27-18-23(19-28(31(27)45)38(4,5)6)20-39-29-33(46)44-30(26(21-49-34(29)44)22-50-36-40-41-42-43(36)7)35(47)48-32(24-14-10-8-11-15-24)25-16-12-9-13-17-25/h8-20,29,32,34,45H,21-22H2,1-7H3/t29-,34+/m0/s1. The number of aliphatic imine (C=N–C) groups is 1. The molecule has 4 aromatic rings. The summed E-state index contributed by atoms with van der Waals surface area (Å²) in [6, 6.07) is 22.4. The number of benzene rings is 3. The summed E-state index contributed by atoms with van der Waals surface area (Å²) in [6.07, 6.45) is 1.05. The first kappa shape index (κ1) is 35.4. The van der Waals surface area contributed by atoms with Crippen LogP contribution in [0.1, 0.15) is 75.5 Å². The minimum atomic E-state index is -0.677. The fourth-order valence-corrected chi connectivity index (χ4v) is 8.38. The summed E-state index contributed by atoms with van der Waals surface area (Å²) in [5, 5.41) is 23.1. The number of carbonyl (C=O) groups excluding carboxylic acids is 2. The number of β-lactam (4-membered cyclic amide) rings is 1. The highest BCUT2D eigenvalue weighted by Crippen LogP contribution is 2.44. The molecule has 260 valence electrons. The number of rotatable bonds is 9. The number of phenols is 1. The van der Waals surface area contributed by atoms with E-state index in [4.69, 9.17) is 9.73 Å². The molecule has 0 spiro atoms. The number of aromatic nitrogens is 4. The lowest BCUT2D eigenvalue weighted by atomic mass is 9.78. The third-order valence-electron chi connectivity index (χ3n) is 8.73. The van der Waals surface area contributed by atoms with Crippen molar-refractivity contribution < 1.29 is 19.4 Å². The van der Waals surface area contributed by atoms with E-state index in [1.807, 2.05) is 72.8 Å². The average Bonchev–Trinajstić information content (AvgIpc) is 3.50. The minimum absolute atomic E-state index is 0.249. The summed E-state index contributed by atoms with van der Waals surface area (Å²) in [5.41, 5.74) is 4.51. The van der Waals surface area contributed by atoms with Crippen molar-refractivity contribution in [2.24, 2.45) is 12.0 Å². The average molecular weight is 711 g/mol. The number of hydrogen-bond donors (Lipinski definition) is 1. The zero-order chi connectivity index (χ0) is 35.8. The second-order valence-corrected chi connectivity index (χ2v) is 16.6. The number of amides is 1. The van der Waals surface area contributed by atoms with Crippen LogP contribution in [0.3, 0.4) is 0 Å². The molecule has 0 unspecified atom stereocenters. The molecule has 3 heterocycles. The number of aryl methyl sites for hydroxylation is 1. The van der Waals surface area contributed by atoms with Gasteiger partial charge in [-0.25, -0.2) is 9.48 Å². The van der Waals surface area contributed by atoms with Gasteiger partial charge in [-0.05, 0) is 55.7 Å². The van der Waals surface area contributed by atoms with Crippen molar-refractivity contribution in [1.82, 2.24) is 25.1 Å². The predicted molar refractivity (Wildman–Crippen MR) is 197 cm³/mol. The van der Waals surface area contributed by atoms with Crippen molar-refractivity contribution in [2.45, 2.75) is 75.0 Å². The number of aromatic hydroxyl groups is 1. The Morgan fingerprint density at radius 2 is 1.60 bits per heavy atom. The molecule has 12 heteroatoms. The topological polar surface area (TPSA) is 123 Å². The third kappa shape index (κ3) is 7.22. The number of phenolic OH excluding ortho intramolecular Hbond substituents is 1. The highest BCUT2D eigenvalue weighted by Gasteiger charge is 2.54. The fourth-order valence-electron chi connectivity index (χ4n) is 6.05. The van der Waals surface area contributed by atoms with Crippen LogP contribution in [0.2, 0.25) is 0 Å². The van der Waals surface area contributed by atoms with Crippen LogP contribution >= 0.6 is 23.5 Å². The van der Waals surface area contributed by atoms with E-state index in [0.717, 1.165) is 33.4 Å². The number of hydrogen-bond acceptors (Lipinski definition) is 10. The SMILES string of the molecule is Cn1nnnc1SCC1=C(C(=O)OC(c2ccccc2)c2ccccc2)N2C(=O)[C@H](N=Cc3cc(C(C)(C)C)c(O)c(C(C)(C)C)c3)[C@H]2SC1. The Morgan fingerprint density at radius 1 is 1.02 bits per heavy atom. The van der Waals surface area contributed by atoms with Crippen LogP contribution in [-0.2, 0) is 32.2 Å². The van der Waals surface area contributed by atoms with Crippen molar-refractivity contribution in [2.75, 3.05) is 11.5 Å². The number of carbonyl (C=O) groups is 2. The van der Waals surface area contributed by atoms with Crippen molar-refractivity contribution >= 4 is 41.6 Å². The molecule has 1 saturated heterocycles. The van der Waals surface area contributed by atoms with Crippen LogP contribution < -0.4 is 0 Å². The van der Waals surface area contributed by atoms with Crippen molar-refractivity contribution in [3.05, 3.63) is 112 Å². The Labute approximate surface area is 301 Å². The van der Waals surface area contributed by atoms with Gasteiger partial charge in [-0.1, -0.05) is 114 Å². The van der Waals surface area contributed by atoms with Crippen LogP contribution in [0.4, 0.5) is 0 Å². The summed E-state index contributed by atoms with van der Waals surface area (Å²) < 4.78 is 7.87. The summed E-state index contributed by atoms with van der Waals surface area (Å²) in [6.45, 7) is 12.4. The molecule has 2 aliphatic heterocycles. The Morgan fingerprint density at radius 3 is 2.12 bits per heavy atom. The van der Waals surface area contributed by atoms with Crippen LogP contribution in [-0.4, -0.2) is 71.2 Å². The van der Waals surface area contributed by atoms with Gasteiger partial charge in [0.2, 0.25) is 5.16 Å². The molecular weight excluding hydrogens is 669 g/mol. The van der Waals surface area contributed by atoms with Gasteiger partial charge >= 0.3 is 5.97 Å². The summed E-state index contributed by atoms with van der Waals surface area (Å²) in [4.78, 5) is 34.6. The van der Waals surface area contributed by atoms with E-state index in [1.165, 1.54) is 11.8 Å². The quantitative estimate of drug-likeness (QED) is 0.0887. The number of esters is 1. The summed E-state index contributed by atoms with van der Waals surface area (Å²) in [7, 11) is 1.76. The minimum Gasteiger partial charge on any atom is -0.507 e. The summed E-state index contributed by atoms with van der Waals surface area (Å²) >= 11 is 2.97. The zero-order valence-electron chi connectivity index (χ0n) is 29.3. The van der Waals surface area contributed by atoms with Gasteiger partial charge in [0.1, 0.15) is 16.8 Å². The Balaban J connectivity index is 1.32. The molecule has 2 atom stereocenters. The second-order valence-electron chi connectivity index (χ2n) is 14.5. The lowest BCUT2D eigenvalue weighted by Gasteiger charge is -2.48. The molecule has 0 saturated carbocycles. The van der Waals surface area contributed by atoms with Crippen LogP contribution in [0.25, 0.3) is 0 Å². The summed E-state index contributed by atoms with van der Waals surface area (Å²) in [5.74, 6) is 0.354. The van der Waals surface area contributed by atoms with Gasteiger partial charge in [0.25, 0.3) is 5.91 Å². The van der Waals surface area contributed by atoms with E-state index in [1.54, 1.807) is 34.6 Å². The lowest BCUT2D eigenvalue weighted by Crippen LogP contribution is -2.64. The number of thioether (sulfide) groups is 2. The molecule has 1 fully saturated rings. The van der Waals surface area contributed by atoms with Crippen molar-refractivity contribution in [3.63, 3.8) is 0 Å². The molecule has 3 aromatic carbocycles. The highest BCUT2D eigenvalue weighted by atomic mass is 32.2. The van der Waals surface area contributed by atoms with E-state index < -0.39 is 18.1 Å². The first-order valence-electron chi connectivity index (χ1n) is 16.5. The van der Waals surface area contributed by atoms with Crippen molar-refractivity contribution in [1.29, 1.82) is 0 Å². The largest absolute Gasteiger partial charge is 0.507 e. The van der Waals surface area contributed by atoms with Gasteiger partial charge in [0, 0.05) is 35.9 Å². The van der Waals surface area contributed by atoms with Gasteiger partial charge in [-0.3, -0.25) is 14.7 Å². The molecule has 0 radical (unpaired) electrons. The number of nitrogens with zero attached hydrogens (tertiary/aromatic N) is 6. The lowest BCUT2D eigenvalue weighted by molar-refractivity contribution is -0.153. The molecule has 0 aliphatic carbocycles. The molecule has 1 N–H and O–H groups in total. The van der Waals surface area contributed by atoms with Gasteiger partial charge in [0.15, 0.2) is 12.1 Å². The molecule has 1 aromatic heterocycles. The van der Waals surface area contributed by atoms with Gasteiger partial charge in [-0.15, -0.1) is 16.9 Å². The maximum atomic E-state index is 14.3. The molecule has 10 nitrogen and oxygen atoms in total. The fraction of sp³-hybridized carbons (Fsp3) is 0.368. The first-order valence-corrected chi connectivity index (χ1v) is 18.5. The van der Waals surface area contributed by atoms with E-state index in [9.17, 15) is 14.7 Å². The predicted octanol–water partition coefficient (Wildman–Crippen LogP) is 6.59. The van der Waals surface area contributed by atoms with E-state index in [2.05, 4.69) is 57.1 Å². The van der Waals surface area contributed by atoms with E-state index in [0.29, 0.717) is 16.7 Å². The van der Waals surface area contributed by atoms with Gasteiger partial charge in [0.05, 0.1) is 0 Å². The zero-order valence-corrected chi connectivity index (χ0v) is 31.0. The Hall–Kier alpha value is -4.42. The second kappa shape index (κ2) is 14.1. The Kier molecular flexibility index (Phi) is 9.96. The van der Waals surface area contributed by atoms with Crippen LogP contribution in [0.5, 0.6) is 5.75 Å². The smallest absolute Gasteiger partial charge is 0.356 e. The molecule has 0 bridgehead atoms. The maximum Gasteiger partial charge on any atom is 0.356 e. The van der Waals surface area contributed by atoms with Crippen molar-refractivity contribution in [3.8, 4) is 5.75 Å². The highest BCUT2D eigenvalue weighted by molar-refractivity contribution is 8.01. The maximum absolute atomic E-state index is 14.3. The molecular formula is C38H42N6O4S2. The Bertz CT molecular complexity index is 1870. The number of fused-ring (bicyclic) bond motifs is 1. The van der Waals surface area contributed by atoms with Crippen LogP contribution in [0.15, 0.2) is 94.2 Å². The normalized spacial score (nSPS) is 18.1. The molecule has 2 aliphatic rings. The first-order chi connectivity index (χ1) is 23.7. The number of ether oxygens (including phenoxy) is 1. The van der Waals surface area contributed by atoms with Gasteiger partial charge < -0.3 is 9.84 Å². The monoisotopic (exact) mass is 710 g/mol. The molecule has 1 amide bonds. The third-order valence-corrected chi connectivity index (χ3v) is 11.2. The van der Waals surface area contributed by atoms with E-state index in [-0.39, 0.29) is 33.6 Å². The van der Waals surface area contributed by atoms with Gasteiger partial charge in [-0.2, -0.15) is 0 Å². The van der Waals surface area contributed by atoms with E-state index >= 15 is 0 Å². The molecule has 50 heavy (non-hydrogen) atoms. The van der Waals surface area contributed by atoms with Crippen LogP contribution in [0, 0.1) is 0 Å². The number of tetrazole rings is 1. The molecule has 6 rings (SSSR count).